The highest BCUT2D eigenvalue weighted by Gasteiger charge is 2.30. The Morgan fingerprint density at radius 3 is 2.31 bits per heavy atom. The van der Waals surface area contributed by atoms with Crippen LogP contribution in [-0.4, -0.2) is 30.9 Å². The van der Waals surface area contributed by atoms with Crippen LogP contribution >= 0.6 is 12.2 Å². The molecule has 0 spiro atoms. The van der Waals surface area contributed by atoms with Gasteiger partial charge in [0.2, 0.25) is 0 Å². The molecule has 0 aromatic carbocycles. The van der Waals surface area contributed by atoms with Gasteiger partial charge in [-0.3, -0.25) is 5.43 Å². The van der Waals surface area contributed by atoms with Crippen LogP contribution in [0, 0.1) is 11.8 Å². The molecule has 1 aliphatic heterocycles. The van der Waals surface area contributed by atoms with Gasteiger partial charge in [-0.1, -0.05) is 13.8 Å². The number of hydrogen-bond donors (Lipinski definition) is 3. The Labute approximate surface area is 102 Å². The molecule has 4 N–H and O–H groups in total. The number of thiocarbonyl (C=S) groups is 1. The van der Waals surface area contributed by atoms with E-state index in [1.807, 2.05) is 13.8 Å². The van der Waals surface area contributed by atoms with Crippen molar-refractivity contribution in [1.29, 1.82) is 0 Å². The van der Waals surface area contributed by atoms with Gasteiger partial charge in [0.05, 0.1) is 0 Å². The molecule has 0 bridgehead atoms. The topological polar surface area (TPSA) is 87.5 Å². The van der Waals surface area contributed by atoms with Crippen molar-refractivity contribution in [1.82, 2.24) is 14.6 Å². The Balaban J connectivity index is 2.64. The summed E-state index contributed by atoms with van der Waals surface area (Å²) >= 11 is 4.53. The number of nitrogens with zero attached hydrogens (tertiary/aromatic N) is 1. The fourth-order valence-electron chi connectivity index (χ4n) is 1.98. The molecule has 1 aliphatic rings. The molecule has 0 aliphatic carbocycles. The maximum Gasteiger partial charge on any atom is 0.296 e. The van der Waals surface area contributed by atoms with Gasteiger partial charge in [-0.15, -0.1) is 4.83 Å². The van der Waals surface area contributed by atoms with Crippen molar-refractivity contribution < 1.29 is 8.42 Å². The molecule has 94 valence electrons. The molecule has 1 heterocycles. The van der Waals surface area contributed by atoms with Crippen molar-refractivity contribution >= 4 is 27.5 Å². The fraction of sp³-hybridized carbons (Fsp3) is 0.875. The molecule has 6 nitrogen and oxygen atoms in total. The van der Waals surface area contributed by atoms with E-state index < -0.39 is 10.2 Å². The van der Waals surface area contributed by atoms with Crippen LogP contribution in [0.1, 0.15) is 20.3 Å². The van der Waals surface area contributed by atoms with Crippen LogP contribution in [0.5, 0.6) is 0 Å². The van der Waals surface area contributed by atoms with Gasteiger partial charge in [0.25, 0.3) is 10.2 Å². The second kappa shape index (κ2) is 5.26. The minimum Gasteiger partial charge on any atom is -0.375 e. The van der Waals surface area contributed by atoms with Crippen molar-refractivity contribution in [2.45, 2.75) is 20.3 Å². The Morgan fingerprint density at radius 1 is 1.38 bits per heavy atom. The Kier molecular flexibility index (Phi) is 4.48. The van der Waals surface area contributed by atoms with Crippen molar-refractivity contribution in [3.63, 3.8) is 0 Å². The molecule has 1 saturated heterocycles. The monoisotopic (exact) mass is 266 g/mol. The lowest BCUT2D eigenvalue weighted by atomic mass is 9.94. The van der Waals surface area contributed by atoms with Crippen LogP contribution in [0.4, 0.5) is 0 Å². The molecule has 2 atom stereocenters. The average Bonchev–Trinajstić information content (AvgIpc) is 2.13. The number of hydrogen-bond acceptors (Lipinski definition) is 3. The molecule has 0 aromatic heterocycles. The lowest BCUT2D eigenvalue weighted by molar-refractivity contribution is 0.220. The van der Waals surface area contributed by atoms with Gasteiger partial charge >= 0.3 is 0 Å². The second-order valence-electron chi connectivity index (χ2n) is 4.36. The van der Waals surface area contributed by atoms with Gasteiger partial charge in [-0.25, -0.2) is 0 Å². The normalized spacial score (nSPS) is 27.6. The molecule has 16 heavy (non-hydrogen) atoms. The summed E-state index contributed by atoms with van der Waals surface area (Å²) < 4.78 is 25.1. The van der Waals surface area contributed by atoms with Crippen LogP contribution in [0.2, 0.25) is 0 Å². The largest absolute Gasteiger partial charge is 0.375 e. The highest BCUT2D eigenvalue weighted by atomic mass is 32.2. The number of nitrogens with one attached hydrogen (secondary N) is 2. The van der Waals surface area contributed by atoms with E-state index in [0.717, 1.165) is 6.42 Å². The summed E-state index contributed by atoms with van der Waals surface area (Å²) in [5, 5.41) is -0.0957. The number of hydrazine groups is 1. The Hall–Kier alpha value is -0.440. The predicted octanol–water partition coefficient (Wildman–Crippen LogP) is -0.453. The SMILES string of the molecule is CC1CC(C)CN(S(=O)(=O)NNC(N)=S)C1. The maximum atomic E-state index is 11.8. The zero-order valence-corrected chi connectivity index (χ0v) is 11.1. The lowest BCUT2D eigenvalue weighted by Gasteiger charge is -2.33. The quantitative estimate of drug-likeness (QED) is 0.475. The van der Waals surface area contributed by atoms with E-state index in [9.17, 15) is 8.42 Å². The number of rotatable bonds is 3. The summed E-state index contributed by atoms with van der Waals surface area (Å²) in [7, 11) is -3.54. The second-order valence-corrected chi connectivity index (χ2v) is 6.47. The fourth-order valence-corrected chi connectivity index (χ4v) is 3.37. The van der Waals surface area contributed by atoms with Crippen LogP contribution in [0.3, 0.4) is 0 Å². The summed E-state index contributed by atoms with van der Waals surface area (Å²) in [5.74, 6) is 0.732. The van der Waals surface area contributed by atoms with Gasteiger partial charge in [0.15, 0.2) is 5.11 Å². The minimum atomic E-state index is -3.54. The van der Waals surface area contributed by atoms with Crippen molar-refractivity contribution in [3.05, 3.63) is 0 Å². The molecule has 1 rings (SSSR count). The summed E-state index contributed by atoms with van der Waals surface area (Å²) in [5.41, 5.74) is 7.40. The van der Waals surface area contributed by atoms with E-state index in [-0.39, 0.29) is 5.11 Å². The van der Waals surface area contributed by atoms with Crippen LogP contribution < -0.4 is 16.0 Å². The van der Waals surface area contributed by atoms with E-state index in [2.05, 4.69) is 22.5 Å². The third-order valence-corrected chi connectivity index (χ3v) is 3.92. The molecular formula is C8H18N4O2S2. The molecule has 0 radical (unpaired) electrons. The van der Waals surface area contributed by atoms with E-state index in [1.165, 1.54) is 4.31 Å². The molecular weight excluding hydrogens is 248 g/mol. The first-order valence-electron chi connectivity index (χ1n) is 5.13. The zero-order valence-electron chi connectivity index (χ0n) is 9.43. The van der Waals surface area contributed by atoms with Crippen molar-refractivity contribution in [3.8, 4) is 0 Å². The zero-order chi connectivity index (χ0) is 12.3. The minimum absolute atomic E-state index is 0.0957. The highest BCUT2D eigenvalue weighted by Crippen LogP contribution is 2.22. The van der Waals surface area contributed by atoms with E-state index in [1.54, 1.807) is 0 Å². The van der Waals surface area contributed by atoms with Gasteiger partial charge < -0.3 is 5.73 Å². The van der Waals surface area contributed by atoms with E-state index >= 15 is 0 Å². The first-order chi connectivity index (χ1) is 7.31. The average molecular weight is 266 g/mol. The molecule has 8 heteroatoms. The third-order valence-electron chi connectivity index (χ3n) is 2.48. The first kappa shape index (κ1) is 13.6. The summed E-state index contributed by atoms with van der Waals surface area (Å²) in [6.45, 7) is 5.13. The molecule has 0 amide bonds. The summed E-state index contributed by atoms with van der Waals surface area (Å²) in [4.78, 5) is 2.15. The van der Waals surface area contributed by atoms with E-state index in [4.69, 9.17) is 5.73 Å². The van der Waals surface area contributed by atoms with Crippen LogP contribution in [-0.2, 0) is 10.2 Å². The predicted molar refractivity (Wildman–Crippen MR) is 66.5 cm³/mol. The standard InChI is InChI=1S/C8H18N4O2S2/c1-6-3-7(2)5-12(4-6)16(13,14)11-10-8(9)15/h6-7,11H,3-5H2,1-2H3,(H3,9,10,15). The van der Waals surface area contributed by atoms with Crippen molar-refractivity contribution in [2.75, 3.05) is 13.1 Å². The maximum absolute atomic E-state index is 11.8. The van der Waals surface area contributed by atoms with Gasteiger partial charge in [-0.2, -0.15) is 12.7 Å². The van der Waals surface area contributed by atoms with Crippen LogP contribution in [0.15, 0.2) is 0 Å². The Bertz CT molecular complexity index is 347. The van der Waals surface area contributed by atoms with Crippen molar-refractivity contribution in [2.24, 2.45) is 17.6 Å². The number of piperidine rings is 1. The summed E-state index contributed by atoms with van der Waals surface area (Å²) in [6.07, 6.45) is 1.05. The van der Waals surface area contributed by atoms with Gasteiger partial charge in [0.1, 0.15) is 0 Å². The molecule has 0 aromatic rings. The molecule has 1 fully saturated rings. The van der Waals surface area contributed by atoms with Gasteiger partial charge in [0, 0.05) is 13.1 Å². The van der Waals surface area contributed by atoms with Crippen LogP contribution in [0.25, 0.3) is 0 Å². The highest BCUT2D eigenvalue weighted by molar-refractivity contribution is 7.87. The molecule has 2 unspecified atom stereocenters. The smallest absolute Gasteiger partial charge is 0.296 e. The Morgan fingerprint density at radius 2 is 1.88 bits per heavy atom. The summed E-state index contributed by atoms with van der Waals surface area (Å²) in [6, 6.07) is 0. The third kappa shape index (κ3) is 3.85. The molecule has 0 saturated carbocycles. The first-order valence-corrected chi connectivity index (χ1v) is 6.98. The lowest BCUT2D eigenvalue weighted by Crippen LogP contribution is -2.53. The number of nitrogens with two attached hydrogens (primary N) is 1. The van der Waals surface area contributed by atoms with E-state index in [0.29, 0.717) is 24.9 Å². The van der Waals surface area contributed by atoms with Gasteiger partial charge in [-0.05, 0) is 30.5 Å².